The van der Waals surface area contributed by atoms with Gasteiger partial charge in [0, 0.05) is 70.6 Å². The van der Waals surface area contributed by atoms with E-state index in [0.29, 0.717) is 51.4 Å². The molecule has 4 rings (SSSR count). The van der Waals surface area contributed by atoms with Gasteiger partial charge in [0.05, 0.1) is 0 Å². The van der Waals surface area contributed by atoms with Crippen LogP contribution in [0.4, 0.5) is 0 Å². The van der Waals surface area contributed by atoms with Crippen molar-refractivity contribution in [2.24, 2.45) is 0 Å². The van der Waals surface area contributed by atoms with Gasteiger partial charge in [-0.1, -0.05) is 37.1 Å². The first-order valence-electron chi connectivity index (χ1n) is 11.5. The van der Waals surface area contributed by atoms with E-state index in [9.17, 15) is 29.8 Å². The first kappa shape index (κ1) is 22.3. The number of carbonyl (C=O) groups is 2. The number of rotatable bonds is 6. The van der Waals surface area contributed by atoms with Crippen LogP contribution in [0.1, 0.15) is 97.8 Å². The number of Topliss-reactive ketones (excluding diaryl/α,β-unsaturated/α-hetero) is 2. The van der Waals surface area contributed by atoms with Crippen molar-refractivity contribution in [1.29, 1.82) is 0 Å². The maximum atomic E-state index is 13.5. The largest absolute Gasteiger partial charge is 0.289 e. The van der Waals surface area contributed by atoms with Crippen LogP contribution in [0.15, 0.2) is 35.4 Å². The van der Waals surface area contributed by atoms with E-state index in [4.69, 9.17) is 0 Å². The lowest BCUT2D eigenvalue weighted by atomic mass is 9.69. The molecule has 0 radical (unpaired) electrons. The standard InChI is InChI=1S/C24H28N2O6/c27-21-17-9-3-4-10-18(17)22(28)20(16-24(26(31)32)13-7-2-8-14-24)19(21)15-23(25(29)30)11-5-1-6-12-23/h3-4,9-10H,1-2,5-8,11-16H2. The van der Waals surface area contributed by atoms with Crippen LogP contribution in [0.5, 0.6) is 0 Å². The zero-order valence-corrected chi connectivity index (χ0v) is 18.1. The fourth-order valence-corrected chi connectivity index (χ4v) is 5.78. The lowest BCUT2D eigenvalue weighted by Crippen LogP contribution is -2.44. The number of ketones is 2. The molecule has 1 aromatic rings. The summed E-state index contributed by atoms with van der Waals surface area (Å²) < 4.78 is 0. The fourth-order valence-electron chi connectivity index (χ4n) is 5.78. The molecule has 0 bridgehead atoms. The Labute approximate surface area is 186 Å². The van der Waals surface area contributed by atoms with Crippen LogP contribution >= 0.6 is 0 Å². The fraction of sp³-hybridized carbons (Fsp3) is 0.583. The van der Waals surface area contributed by atoms with Gasteiger partial charge in [-0.25, -0.2) is 0 Å². The van der Waals surface area contributed by atoms with Crippen LogP contribution in [0, 0.1) is 20.2 Å². The summed E-state index contributed by atoms with van der Waals surface area (Å²) in [5, 5.41) is 24.3. The van der Waals surface area contributed by atoms with E-state index in [0.717, 1.165) is 12.8 Å². The smallest absolute Gasteiger partial charge is 0.226 e. The molecule has 3 aliphatic carbocycles. The van der Waals surface area contributed by atoms with Crippen molar-refractivity contribution >= 4 is 11.6 Å². The summed E-state index contributed by atoms with van der Waals surface area (Å²) in [6.45, 7) is 0. The molecule has 1 aromatic carbocycles. The van der Waals surface area contributed by atoms with Gasteiger partial charge in [0.1, 0.15) is 0 Å². The van der Waals surface area contributed by atoms with Gasteiger partial charge in [0.25, 0.3) is 0 Å². The van der Waals surface area contributed by atoms with Crippen LogP contribution in [0.3, 0.4) is 0 Å². The minimum atomic E-state index is -1.30. The summed E-state index contributed by atoms with van der Waals surface area (Å²) in [6, 6.07) is 6.46. The number of fused-ring (bicyclic) bond motifs is 1. The Morgan fingerprint density at radius 1 is 0.656 bits per heavy atom. The van der Waals surface area contributed by atoms with Gasteiger partial charge in [-0.15, -0.1) is 0 Å². The van der Waals surface area contributed by atoms with Gasteiger partial charge in [0.15, 0.2) is 11.6 Å². The van der Waals surface area contributed by atoms with Crippen molar-refractivity contribution < 1.29 is 19.4 Å². The predicted octanol–water partition coefficient (Wildman–Crippen LogP) is 5.10. The first-order valence-corrected chi connectivity index (χ1v) is 11.5. The van der Waals surface area contributed by atoms with Crippen molar-refractivity contribution in [1.82, 2.24) is 0 Å². The second-order valence-electron chi connectivity index (χ2n) is 9.60. The summed E-state index contributed by atoms with van der Waals surface area (Å²) in [7, 11) is 0. The Hall–Kier alpha value is -2.90. The van der Waals surface area contributed by atoms with Crippen LogP contribution in [-0.4, -0.2) is 32.5 Å². The SMILES string of the molecule is O=C1C(CC2([N+](=O)[O-])CCCCC2)=C(CC2([N+](=O)[O-])CCCCC2)C(=O)c2ccccc21. The quantitative estimate of drug-likeness (QED) is 0.448. The third-order valence-corrected chi connectivity index (χ3v) is 7.68. The lowest BCUT2D eigenvalue weighted by molar-refractivity contribution is -0.575. The van der Waals surface area contributed by atoms with Crippen LogP contribution in [-0.2, 0) is 0 Å². The minimum absolute atomic E-state index is 0.124. The number of hydrogen-bond acceptors (Lipinski definition) is 6. The number of nitrogens with zero attached hydrogens (tertiary/aromatic N) is 2. The molecule has 0 N–H and O–H groups in total. The van der Waals surface area contributed by atoms with Crippen LogP contribution in [0.2, 0.25) is 0 Å². The molecular formula is C24H28N2O6. The van der Waals surface area contributed by atoms with Crippen molar-refractivity contribution in [3.05, 3.63) is 66.8 Å². The molecule has 0 aliphatic heterocycles. The second kappa shape index (κ2) is 8.56. The van der Waals surface area contributed by atoms with Gasteiger partial charge in [-0.05, 0) is 25.7 Å². The molecule has 0 atom stereocenters. The normalized spacial score (nSPS) is 22.4. The Balaban J connectivity index is 1.83. The highest BCUT2D eigenvalue weighted by molar-refractivity contribution is 6.27. The zero-order valence-electron chi connectivity index (χ0n) is 18.1. The topological polar surface area (TPSA) is 120 Å². The molecule has 2 saturated carbocycles. The third-order valence-electron chi connectivity index (χ3n) is 7.68. The number of hydrogen-bond donors (Lipinski definition) is 0. The molecule has 0 amide bonds. The molecule has 3 aliphatic rings. The minimum Gasteiger partial charge on any atom is -0.289 e. The number of benzene rings is 1. The van der Waals surface area contributed by atoms with Gasteiger partial charge in [-0.2, -0.15) is 0 Å². The van der Waals surface area contributed by atoms with Crippen molar-refractivity contribution in [3.8, 4) is 0 Å². The maximum absolute atomic E-state index is 13.5. The highest BCUT2D eigenvalue weighted by atomic mass is 16.6. The molecule has 32 heavy (non-hydrogen) atoms. The van der Waals surface area contributed by atoms with Gasteiger partial charge < -0.3 is 0 Å². The monoisotopic (exact) mass is 440 g/mol. The van der Waals surface area contributed by atoms with Crippen molar-refractivity contribution in [2.45, 2.75) is 88.1 Å². The number of carbonyl (C=O) groups excluding carboxylic acids is 2. The summed E-state index contributed by atoms with van der Waals surface area (Å²) >= 11 is 0. The van der Waals surface area contributed by atoms with E-state index in [1.54, 1.807) is 24.3 Å². The molecule has 8 nitrogen and oxygen atoms in total. The maximum Gasteiger partial charge on any atom is 0.226 e. The molecule has 170 valence electrons. The summed E-state index contributed by atoms with van der Waals surface area (Å²) in [5.74, 6) is -0.785. The second-order valence-corrected chi connectivity index (χ2v) is 9.60. The van der Waals surface area contributed by atoms with Gasteiger partial charge in [-0.3, -0.25) is 29.8 Å². The average Bonchev–Trinajstić information content (AvgIpc) is 2.81. The summed E-state index contributed by atoms with van der Waals surface area (Å²) in [6.07, 6.45) is 5.71. The summed E-state index contributed by atoms with van der Waals surface area (Å²) in [4.78, 5) is 50.7. The molecule has 0 aromatic heterocycles. The molecule has 8 heteroatoms. The van der Waals surface area contributed by atoms with E-state index in [2.05, 4.69) is 0 Å². The van der Waals surface area contributed by atoms with Crippen LogP contribution in [0.25, 0.3) is 0 Å². The third kappa shape index (κ3) is 3.76. The summed E-state index contributed by atoms with van der Waals surface area (Å²) in [5.41, 5.74) is -1.86. The molecule has 0 saturated heterocycles. The van der Waals surface area contributed by atoms with Gasteiger partial charge in [0.2, 0.25) is 11.1 Å². The van der Waals surface area contributed by atoms with Crippen molar-refractivity contribution in [2.75, 3.05) is 0 Å². The van der Waals surface area contributed by atoms with Crippen molar-refractivity contribution in [3.63, 3.8) is 0 Å². The Morgan fingerprint density at radius 2 is 1.00 bits per heavy atom. The van der Waals surface area contributed by atoms with Crippen LogP contribution < -0.4 is 0 Å². The Bertz CT molecular complexity index is 920. The highest BCUT2D eigenvalue weighted by Crippen LogP contribution is 2.43. The first-order chi connectivity index (χ1) is 15.3. The molecular weight excluding hydrogens is 412 g/mol. The van der Waals surface area contributed by atoms with E-state index in [1.807, 2.05) is 0 Å². The molecule has 0 heterocycles. The van der Waals surface area contributed by atoms with Gasteiger partial charge >= 0.3 is 0 Å². The molecule has 0 unspecified atom stereocenters. The predicted molar refractivity (Wildman–Crippen MR) is 117 cm³/mol. The molecule has 2 fully saturated rings. The Morgan fingerprint density at radius 3 is 1.31 bits per heavy atom. The van der Waals surface area contributed by atoms with E-state index in [1.165, 1.54) is 0 Å². The lowest BCUT2D eigenvalue weighted by Gasteiger charge is -2.34. The Kier molecular flexibility index (Phi) is 5.97. The average molecular weight is 440 g/mol. The van der Waals surface area contributed by atoms with E-state index in [-0.39, 0.29) is 45.0 Å². The molecule has 0 spiro atoms. The number of nitro groups is 2. The van der Waals surface area contributed by atoms with E-state index >= 15 is 0 Å². The van der Waals surface area contributed by atoms with E-state index < -0.39 is 22.6 Å². The highest BCUT2D eigenvalue weighted by Gasteiger charge is 2.51. The zero-order chi connectivity index (χ0) is 22.9.